The fourth-order valence-electron chi connectivity index (χ4n) is 6.02. The second kappa shape index (κ2) is 19.0. The zero-order valence-electron chi connectivity index (χ0n) is 29.0. The van der Waals surface area contributed by atoms with Crippen molar-refractivity contribution < 1.29 is 24.1 Å². The summed E-state index contributed by atoms with van der Waals surface area (Å²) < 4.78 is 26.9. The quantitative estimate of drug-likeness (QED) is 0.0736. The third-order valence-corrected chi connectivity index (χ3v) is 9.42. The molecule has 4 aromatic rings. The van der Waals surface area contributed by atoms with Gasteiger partial charge >= 0.3 is 0 Å². The first kappa shape index (κ1) is 36.7. The summed E-state index contributed by atoms with van der Waals surface area (Å²) in [5.41, 5.74) is 7.60. The van der Waals surface area contributed by atoms with Crippen LogP contribution >= 0.6 is 0 Å². The van der Waals surface area contributed by atoms with E-state index >= 15 is 0 Å². The summed E-state index contributed by atoms with van der Waals surface area (Å²) in [7, 11) is -1.44. The highest BCUT2D eigenvalue weighted by atomic mass is 28.3. The van der Waals surface area contributed by atoms with Gasteiger partial charge in [0.25, 0.3) is 0 Å². The van der Waals surface area contributed by atoms with Gasteiger partial charge in [-0.05, 0) is 35.2 Å². The number of hydrogen-bond donors (Lipinski definition) is 2. The van der Waals surface area contributed by atoms with Gasteiger partial charge in [-0.15, -0.1) is 11.5 Å². The van der Waals surface area contributed by atoms with Crippen molar-refractivity contribution >= 4 is 8.07 Å². The molecule has 0 radical (unpaired) electrons. The third-order valence-electron chi connectivity index (χ3n) is 8.49. The van der Waals surface area contributed by atoms with Gasteiger partial charge in [0, 0.05) is 6.42 Å². The molecule has 0 bridgehead atoms. The van der Waals surface area contributed by atoms with Crippen LogP contribution in [0.4, 0.5) is 0 Å². The Morgan fingerprint density at radius 3 is 1.33 bits per heavy atom. The van der Waals surface area contributed by atoms with E-state index in [9.17, 15) is 5.11 Å². The third kappa shape index (κ3) is 11.8. The SMILES string of the molecule is C[Si](C)(C)C#CCCCN[C@@H]1[C@@H](O)[C@H](OCc2ccccc2)[C@@H](OCc2ccccc2)[C@H](OCc2ccccc2)[C@H]1OCc1ccccc1. The van der Waals surface area contributed by atoms with Crippen molar-refractivity contribution in [3.8, 4) is 11.5 Å². The van der Waals surface area contributed by atoms with Crippen molar-refractivity contribution in [2.75, 3.05) is 6.54 Å². The van der Waals surface area contributed by atoms with E-state index in [1.807, 2.05) is 109 Å². The summed E-state index contributed by atoms with van der Waals surface area (Å²) >= 11 is 0. The predicted molar refractivity (Wildman–Crippen MR) is 198 cm³/mol. The minimum atomic E-state index is -1.44. The molecule has 2 N–H and O–H groups in total. The molecule has 6 nitrogen and oxygen atoms in total. The van der Waals surface area contributed by atoms with E-state index in [1.165, 1.54) is 0 Å². The second-order valence-corrected chi connectivity index (χ2v) is 18.4. The molecule has 7 heteroatoms. The van der Waals surface area contributed by atoms with E-state index in [0.29, 0.717) is 33.0 Å². The summed E-state index contributed by atoms with van der Waals surface area (Å²) in [5, 5.41) is 15.9. The van der Waals surface area contributed by atoms with Crippen molar-refractivity contribution in [3.63, 3.8) is 0 Å². The molecule has 1 aliphatic rings. The van der Waals surface area contributed by atoms with Gasteiger partial charge in [-0.3, -0.25) is 0 Å². The summed E-state index contributed by atoms with van der Waals surface area (Å²) in [4.78, 5) is 0. The zero-order chi connectivity index (χ0) is 34.3. The molecular formula is C42H51NO5Si. The Kier molecular flexibility index (Phi) is 14.2. The van der Waals surface area contributed by atoms with Crippen LogP contribution in [0.5, 0.6) is 0 Å². The average molecular weight is 678 g/mol. The van der Waals surface area contributed by atoms with E-state index in [2.05, 4.69) is 48.6 Å². The molecule has 0 aromatic heterocycles. The predicted octanol–water partition coefficient (Wildman–Crippen LogP) is 7.32. The Morgan fingerprint density at radius 1 is 0.551 bits per heavy atom. The van der Waals surface area contributed by atoms with Crippen LogP contribution in [0.1, 0.15) is 35.1 Å². The first-order valence-corrected chi connectivity index (χ1v) is 20.9. The number of ether oxygens (including phenoxy) is 4. The first-order valence-electron chi connectivity index (χ1n) is 17.4. The molecule has 0 amide bonds. The van der Waals surface area contributed by atoms with Crippen LogP contribution < -0.4 is 5.32 Å². The fraction of sp³-hybridized carbons (Fsp3) is 0.381. The average Bonchev–Trinajstić information content (AvgIpc) is 3.12. The summed E-state index contributed by atoms with van der Waals surface area (Å²) in [6.45, 7) is 8.83. The number of nitrogens with one attached hydrogen (secondary N) is 1. The monoisotopic (exact) mass is 677 g/mol. The lowest BCUT2D eigenvalue weighted by atomic mass is 9.82. The Balaban J connectivity index is 1.46. The van der Waals surface area contributed by atoms with Crippen molar-refractivity contribution in [3.05, 3.63) is 144 Å². The molecule has 0 unspecified atom stereocenters. The topological polar surface area (TPSA) is 69.2 Å². The molecule has 0 aliphatic heterocycles. The van der Waals surface area contributed by atoms with Crippen LogP contribution in [0.25, 0.3) is 0 Å². The number of benzene rings is 4. The highest BCUT2D eigenvalue weighted by Crippen LogP contribution is 2.33. The maximum atomic E-state index is 12.2. The van der Waals surface area contributed by atoms with Crippen LogP contribution in [-0.2, 0) is 45.4 Å². The van der Waals surface area contributed by atoms with Crippen LogP contribution in [0.2, 0.25) is 19.6 Å². The smallest absolute Gasteiger partial charge is 0.129 e. The molecule has 49 heavy (non-hydrogen) atoms. The van der Waals surface area contributed by atoms with Crippen molar-refractivity contribution in [2.45, 2.75) is 95.5 Å². The van der Waals surface area contributed by atoms with E-state index in [1.54, 1.807) is 0 Å². The van der Waals surface area contributed by atoms with Crippen LogP contribution in [0.15, 0.2) is 121 Å². The molecule has 5 rings (SSSR count). The van der Waals surface area contributed by atoms with Crippen molar-refractivity contribution in [1.82, 2.24) is 5.32 Å². The van der Waals surface area contributed by atoms with Gasteiger partial charge < -0.3 is 29.4 Å². The lowest BCUT2D eigenvalue weighted by Crippen LogP contribution is -2.69. The van der Waals surface area contributed by atoms with E-state index in [4.69, 9.17) is 18.9 Å². The number of hydrogen-bond acceptors (Lipinski definition) is 6. The molecule has 0 spiro atoms. The summed E-state index contributed by atoms with van der Waals surface area (Å²) in [6.07, 6.45) is -1.69. The Bertz CT molecular complexity index is 1560. The van der Waals surface area contributed by atoms with Crippen molar-refractivity contribution in [2.24, 2.45) is 0 Å². The standard InChI is InChI=1S/C42H51NO5Si/c1-49(2,3)28-18-8-17-27-43-37-38(44)40(46-30-34-21-11-5-12-22-34)42(48-32-36-25-15-7-16-26-36)41(47-31-35-23-13-6-14-24-35)39(37)45-29-33-19-9-4-10-20-33/h4-7,9-16,19-26,37-44H,8,17,27,29-32H2,1-3H3/t37-,38-,39+,40+,41-,42-/m1/s1. The maximum Gasteiger partial charge on any atom is 0.129 e. The molecule has 1 fully saturated rings. The summed E-state index contributed by atoms with van der Waals surface area (Å²) in [6, 6.07) is 39.9. The molecular weight excluding hydrogens is 627 g/mol. The first-order chi connectivity index (χ1) is 23.9. The van der Waals surface area contributed by atoms with Gasteiger partial charge in [-0.1, -0.05) is 141 Å². The van der Waals surface area contributed by atoms with Gasteiger partial charge in [0.2, 0.25) is 0 Å². The Hall–Kier alpha value is -3.58. The van der Waals surface area contributed by atoms with Gasteiger partial charge in [-0.25, -0.2) is 0 Å². The fourth-order valence-corrected chi connectivity index (χ4v) is 6.67. The highest BCUT2D eigenvalue weighted by molar-refractivity contribution is 6.83. The largest absolute Gasteiger partial charge is 0.389 e. The highest BCUT2D eigenvalue weighted by Gasteiger charge is 2.53. The summed E-state index contributed by atoms with van der Waals surface area (Å²) in [5.74, 6) is 3.37. The lowest BCUT2D eigenvalue weighted by Gasteiger charge is -2.49. The minimum Gasteiger partial charge on any atom is -0.389 e. The minimum absolute atomic E-state index is 0.327. The number of rotatable bonds is 16. The van der Waals surface area contributed by atoms with Crippen LogP contribution in [0, 0.1) is 11.5 Å². The molecule has 0 heterocycles. The molecule has 1 saturated carbocycles. The maximum absolute atomic E-state index is 12.2. The number of aliphatic hydroxyl groups excluding tert-OH is 1. The van der Waals surface area contributed by atoms with E-state index in [0.717, 1.165) is 35.1 Å². The molecule has 1 aliphatic carbocycles. The van der Waals surface area contributed by atoms with Crippen LogP contribution in [0.3, 0.4) is 0 Å². The molecule has 258 valence electrons. The van der Waals surface area contributed by atoms with E-state index < -0.39 is 44.6 Å². The molecule has 4 aromatic carbocycles. The van der Waals surface area contributed by atoms with Gasteiger partial charge in [0.05, 0.1) is 32.5 Å². The zero-order valence-corrected chi connectivity index (χ0v) is 30.0. The normalized spacial score (nSPS) is 22.3. The second-order valence-electron chi connectivity index (χ2n) is 13.7. The Labute approximate surface area is 293 Å². The number of unbranched alkanes of at least 4 members (excludes halogenated alkanes) is 1. The molecule has 0 saturated heterocycles. The van der Waals surface area contributed by atoms with E-state index in [-0.39, 0.29) is 0 Å². The number of aliphatic hydroxyl groups is 1. The molecule has 6 atom stereocenters. The van der Waals surface area contributed by atoms with Gasteiger partial charge in [-0.2, -0.15) is 0 Å². The van der Waals surface area contributed by atoms with Gasteiger partial charge in [0.15, 0.2) is 0 Å². The van der Waals surface area contributed by atoms with Crippen molar-refractivity contribution in [1.29, 1.82) is 0 Å². The van der Waals surface area contributed by atoms with Crippen LogP contribution in [-0.4, -0.2) is 56.3 Å². The van der Waals surface area contributed by atoms with Gasteiger partial charge in [0.1, 0.15) is 38.6 Å². The Morgan fingerprint density at radius 2 is 0.918 bits per heavy atom. The lowest BCUT2D eigenvalue weighted by molar-refractivity contribution is -0.250.